The molecule has 134 valence electrons. The van der Waals surface area contributed by atoms with Crippen molar-refractivity contribution in [3.63, 3.8) is 0 Å². The molecule has 26 heavy (non-hydrogen) atoms. The number of benzene rings is 2. The number of nitrogens with one attached hydrogen (secondary N) is 1. The first kappa shape index (κ1) is 18.4. The van der Waals surface area contributed by atoms with Crippen LogP contribution in [-0.2, 0) is 9.59 Å². The van der Waals surface area contributed by atoms with Crippen LogP contribution < -0.4 is 5.32 Å². The zero-order valence-electron chi connectivity index (χ0n) is 13.9. The number of hydrazone groups is 1. The van der Waals surface area contributed by atoms with Crippen LogP contribution >= 0.6 is 23.2 Å². The number of carbonyl (C=O) groups is 2. The van der Waals surface area contributed by atoms with Crippen LogP contribution in [-0.4, -0.2) is 29.1 Å². The Kier molecular flexibility index (Phi) is 5.91. The fourth-order valence-corrected chi connectivity index (χ4v) is 2.98. The SMILES string of the molecule is O=C(CCC(=O)N1CCC(c2ccccc2)=N1)Nc1cccc(Cl)c1Cl. The average Bonchev–Trinajstić information content (AvgIpc) is 3.14. The van der Waals surface area contributed by atoms with Crippen LogP contribution in [0.4, 0.5) is 5.69 Å². The van der Waals surface area contributed by atoms with Crippen molar-refractivity contribution in [2.45, 2.75) is 19.3 Å². The molecule has 0 fully saturated rings. The first-order valence-corrected chi connectivity index (χ1v) is 8.97. The van der Waals surface area contributed by atoms with Gasteiger partial charge in [0.1, 0.15) is 0 Å². The highest BCUT2D eigenvalue weighted by Gasteiger charge is 2.22. The highest BCUT2D eigenvalue weighted by molar-refractivity contribution is 6.44. The number of amides is 2. The Labute approximate surface area is 161 Å². The third-order valence-corrected chi connectivity index (χ3v) is 4.81. The summed E-state index contributed by atoms with van der Waals surface area (Å²) in [5, 5.41) is 9.12. The Balaban J connectivity index is 1.53. The van der Waals surface area contributed by atoms with Crippen molar-refractivity contribution in [1.29, 1.82) is 0 Å². The summed E-state index contributed by atoms with van der Waals surface area (Å²) in [6.07, 6.45) is 0.837. The second kappa shape index (κ2) is 8.34. The Morgan fingerprint density at radius 3 is 2.58 bits per heavy atom. The van der Waals surface area contributed by atoms with Crippen LogP contribution in [0.5, 0.6) is 0 Å². The van der Waals surface area contributed by atoms with E-state index in [4.69, 9.17) is 23.2 Å². The van der Waals surface area contributed by atoms with Crippen LogP contribution in [0.3, 0.4) is 0 Å². The molecule has 7 heteroatoms. The molecule has 0 aliphatic carbocycles. The van der Waals surface area contributed by atoms with Gasteiger partial charge in [0, 0.05) is 19.3 Å². The lowest BCUT2D eigenvalue weighted by atomic mass is 10.1. The third-order valence-electron chi connectivity index (χ3n) is 3.99. The largest absolute Gasteiger partial charge is 0.325 e. The minimum absolute atomic E-state index is 0.0500. The molecule has 2 aromatic carbocycles. The van der Waals surface area contributed by atoms with Crippen molar-refractivity contribution in [3.8, 4) is 0 Å². The second-order valence-corrected chi connectivity index (χ2v) is 6.61. The molecule has 0 bridgehead atoms. The maximum atomic E-state index is 12.3. The van der Waals surface area contributed by atoms with Crippen LogP contribution in [0, 0.1) is 0 Å². The molecule has 0 saturated carbocycles. The van der Waals surface area contributed by atoms with Gasteiger partial charge in [-0.3, -0.25) is 9.59 Å². The van der Waals surface area contributed by atoms with Crippen molar-refractivity contribution >= 4 is 46.4 Å². The van der Waals surface area contributed by atoms with Crippen LogP contribution in [0.25, 0.3) is 0 Å². The van der Waals surface area contributed by atoms with Crippen molar-refractivity contribution in [3.05, 3.63) is 64.1 Å². The van der Waals surface area contributed by atoms with Crippen molar-refractivity contribution in [2.24, 2.45) is 5.10 Å². The number of hydrogen-bond acceptors (Lipinski definition) is 3. The summed E-state index contributed by atoms with van der Waals surface area (Å²) in [5.41, 5.74) is 2.33. The normalized spacial score (nSPS) is 13.5. The molecule has 2 amide bonds. The summed E-state index contributed by atoms with van der Waals surface area (Å²) >= 11 is 12.0. The molecule has 1 heterocycles. The number of rotatable bonds is 5. The molecule has 0 unspecified atom stereocenters. The molecule has 1 N–H and O–H groups in total. The number of hydrogen-bond donors (Lipinski definition) is 1. The molecule has 5 nitrogen and oxygen atoms in total. The number of anilines is 1. The maximum absolute atomic E-state index is 12.3. The van der Waals surface area contributed by atoms with E-state index < -0.39 is 0 Å². The first-order chi connectivity index (χ1) is 12.5. The van der Waals surface area contributed by atoms with Gasteiger partial charge in [0.25, 0.3) is 0 Å². The molecular formula is C19H17Cl2N3O2. The van der Waals surface area contributed by atoms with Gasteiger partial charge in [-0.15, -0.1) is 0 Å². The van der Waals surface area contributed by atoms with E-state index in [9.17, 15) is 9.59 Å². The van der Waals surface area contributed by atoms with Crippen molar-refractivity contribution < 1.29 is 9.59 Å². The molecular weight excluding hydrogens is 373 g/mol. The van der Waals surface area contributed by atoms with Crippen LogP contribution in [0.2, 0.25) is 10.0 Å². The molecule has 0 radical (unpaired) electrons. The van der Waals surface area contributed by atoms with E-state index in [1.54, 1.807) is 18.2 Å². The Morgan fingerprint density at radius 2 is 1.81 bits per heavy atom. The van der Waals surface area contributed by atoms with Gasteiger partial charge < -0.3 is 5.32 Å². The predicted octanol–water partition coefficient (Wildman–Crippen LogP) is 4.35. The summed E-state index contributed by atoms with van der Waals surface area (Å²) in [6.45, 7) is 0.533. The summed E-state index contributed by atoms with van der Waals surface area (Å²) < 4.78 is 0. The Bertz CT molecular complexity index is 853. The quantitative estimate of drug-likeness (QED) is 0.825. The Morgan fingerprint density at radius 1 is 1.04 bits per heavy atom. The highest BCUT2D eigenvalue weighted by atomic mass is 35.5. The molecule has 3 rings (SSSR count). The Hall–Kier alpha value is -2.37. The van der Waals surface area contributed by atoms with Gasteiger partial charge in [-0.25, -0.2) is 5.01 Å². The van der Waals surface area contributed by atoms with Gasteiger partial charge in [-0.2, -0.15) is 5.10 Å². The van der Waals surface area contributed by atoms with E-state index in [-0.39, 0.29) is 29.7 Å². The van der Waals surface area contributed by atoms with Crippen LogP contribution in [0.1, 0.15) is 24.8 Å². The number of halogens is 2. The standard InChI is InChI=1S/C19H17Cl2N3O2/c20-14-7-4-8-16(19(14)21)22-17(25)9-10-18(26)24-12-11-15(23-24)13-5-2-1-3-6-13/h1-8H,9-12H2,(H,22,25). The van der Waals surface area contributed by atoms with E-state index in [1.807, 2.05) is 30.3 Å². The topological polar surface area (TPSA) is 61.8 Å². The summed E-state index contributed by atoms with van der Waals surface area (Å²) in [4.78, 5) is 24.4. The van der Waals surface area contributed by atoms with Gasteiger partial charge >= 0.3 is 0 Å². The second-order valence-electron chi connectivity index (χ2n) is 5.83. The molecule has 0 spiro atoms. The number of carbonyl (C=O) groups excluding carboxylic acids is 2. The fraction of sp³-hybridized carbons (Fsp3) is 0.211. The van der Waals surface area contributed by atoms with E-state index in [0.717, 1.165) is 11.3 Å². The highest BCUT2D eigenvalue weighted by Crippen LogP contribution is 2.29. The molecule has 0 atom stereocenters. The molecule has 1 aliphatic heterocycles. The van der Waals surface area contributed by atoms with Gasteiger partial charge in [-0.1, -0.05) is 59.6 Å². The third kappa shape index (κ3) is 4.42. The van der Waals surface area contributed by atoms with E-state index in [1.165, 1.54) is 5.01 Å². The zero-order chi connectivity index (χ0) is 18.5. The minimum atomic E-state index is -0.297. The fourth-order valence-electron chi connectivity index (χ4n) is 2.63. The molecule has 0 saturated heterocycles. The lowest BCUT2D eigenvalue weighted by Crippen LogP contribution is -2.25. The van der Waals surface area contributed by atoms with Crippen LogP contribution in [0.15, 0.2) is 53.6 Å². The smallest absolute Gasteiger partial charge is 0.243 e. The van der Waals surface area contributed by atoms with E-state index in [2.05, 4.69) is 10.4 Å². The summed E-state index contributed by atoms with van der Waals surface area (Å²) in [5.74, 6) is -0.475. The molecule has 1 aliphatic rings. The minimum Gasteiger partial charge on any atom is -0.325 e. The molecule has 0 aromatic heterocycles. The van der Waals surface area contributed by atoms with Crippen molar-refractivity contribution in [1.82, 2.24) is 5.01 Å². The summed E-state index contributed by atoms with van der Waals surface area (Å²) in [6, 6.07) is 14.7. The lowest BCUT2D eigenvalue weighted by molar-refractivity contribution is -0.132. The first-order valence-electron chi connectivity index (χ1n) is 8.22. The predicted molar refractivity (Wildman–Crippen MR) is 104 cm³/mol. The molecule has 2 aromatic rings. The van der Waals surface area contributed by atoms with Gasteiger partial charge in [-0.05, 0) is 17.7 Å². The van der Waals surface area contributed by atoms with Gasteiger partial charge in [0.05, 0.1) is 28.0 Å². The zero-order valence-corrected chi connectivity index (χ0v) is 15.4. The number of nitrogens with zero attached hydrogens (tertiary/aromatic N) is 2. The van der Waals surface area contributed by atoms with Gasteiger partial charge in [0.2, 0.25) is 11.8 Å². The monoisotopic (exact) mass is 389 g/mol. The maximum Gasteiger partial charge on any atom is 0.243 e. The lowest BCUT2D eigenvalue weighted by Gasteiger charge is -2.12. The van der Waals surface area contributed by atoms with Gasteiger partial charge in [0.15, 0.2) is 0 Å². The van der Waals surface area contributed by atoms with E-state index >= 15 is 0 Å². The van der Waals surface area contributed by atoms with E-state index in [0.29, 0.717) is 23.7 Å². The summed E-state index contributed by atoms with van der Waals surface area (Å²) in [7, 11) is 0. The average molecular weight is 390 g/mol. The van der Waals surface area contributed by atoms with Crippen molar-refractivity contribution in [2.75, 3.05) is 11.9 Å².